The molecule has 2 aromatic carbocycles. The number of nitrogens with zero attached hydrogens (tertiary/aromatic N) is 1. The molecule has 0 unspecified atom stereocenters. The van der Waals surface area contributed by atoms with Crippen LogP contribution in [0.5, 0.6) is 11.5 Å². The van der Waals surface area contributed by atoms with Gasteiger partial charge in [0.1, 0.15) is 16.5 Å². The molecule has 0 fully saturated rings. The molecule has 3 rings (SSSR count). The Balaban J connectivity index is 1.49. The molecule has 0 atom stereocenters. The molecule has 5 nitrogen and oxygen atoms in total. The minimum absolute atomic E-state index is 0.0155. The smallest absolute Gasteiger partial charge is 0.220 e. The average molecular weight is 382 g/mol. The largest absolute Gasteiger partial charge is 0.497 e. The van der Waals surface area contributed by atoms with E-state index in [-0.39, 0.29) is 5.91 Å². The maximum Gasteiger partial charge on any atom is 0.220 e. The Labute approximate surface area is 163 Å². The van der Waals surface area contributed by atoms with Gasteiger partial charge in [0.25, 0.3) is 0 Å². The van der Waals surface area contributed by atoms with Crippen molar-refractivity contribution in [2.45, 2.75) is 19.4 Å². The van der Waals surface area contributed by atoms with Crippen molar-refractivity contribution in [1.82, 2.24) is 10.3 Å². The molecule has 27 heavy (non-hydrogen) atoms. The number of methoxy groups -OCH3 is 2. The van der Waals surface area contributed by atoms with E-state index in [0.717, 1.165) is 33.3 Å². The first-order valence-corrected chi connectivity index (χ1v) is 9.54. The SMILES string of the molecule is COc1ccc(CNC(=O)CCc2csc(-c3cccc(OC)c3)n2)cc1. The van der Waals surface area contributed by atoms with Crippen molar-refractivity contribution in [2.75, 3.05) is 14.2 Å². The van der Waals surface area contributed by atoms with Crippen molar-refractivity contribution >= 4 is 17.2 Å². The lowest BCUT2D eigenvalue weighted by Crippen LogP contribution is -2.23. The van der Waals surface area contributed by atoms with Crippen LogP contribution in [-0.4, -0.2) is 25.1 Å². The molecular formula is C21H22N2O3S. The molecule has 3 aromatic rings. The van der Waals surface area contributed by atoms with Crippen LogP contribution >= 0.6 is 11.3 Å². The Hall–Kier alpha value is -2.86. The van der Waals surface area contributed by atoms with Crippen LogP contribution in [0.15, 0.2) is 53.9 Å². The zero-order valence-electron chi connectivity index (χ0n) is 15.4. The van der Waals surface area contributed by atoms with Gasteiger partial charge in [-0.1, -0.05) is 24.3 Å². The molecule has 1 amide bonds. The van der Waals surface area contributed by atoms with E-state index in [4.69, 9.17) is 9.47 Å². The predicted molar refractivity (Wildman–Crippen MR) is 107 cm³/mol. The molecule has 0 saturated carbocycles. The fraction of sp³-hybridized carbons (Fsp3) is 0.238. The molecule has 0 saturated heterocycles. The van der Waals surface area contributed by atoms with Crippen LogP contribution in [-0.2, 0) is 17.8 Å². The molecular weight excluding hydrogens is 360 g/mol. The Kier molecular flexibility index (Phi) is 6.44. The first-order chi connectivity index (χ1) is 13.2. The van der Waals surface area contributed by atoms with Crippen LogP contribution in [0.25, 0.3) is 10.6 Å². The fourth-order valence-corrected chi connectivity index (χ4v) is 3.44. The quantitative estimate of drug-likeness (QED) is 0.638. The molecule has 0 bridgehead atoms. The second-order valence-electron chi connectivity index (χ2n) is 6.00. The molecule has 1 heterocycles. The summed E-state index contributed by atoms with van der Waals surface area (Å²) in [6, 6.07) is 15.5. The van der Waals surface area contributed by atoms with E-state index in [0.29, 0.717) is 19.4 Å². The predicted octanol–water partition coefficient (Wildman–Crippen LogP) is 4.08. The van der Waals surface area contributed by atoms with Crippen molar-refractivity contribution in [2.24, 2.45) is 0 Å². The molecule has 6 heteroatoms. The summed E-state index contributed by atoms with van der Waals surface area (Å²) >= 11 is 1.58. The van der Waals surface area contributed by atoms with Crippen LogP contribution in [0.2, 0.25) is 0 Å². The summed E-state index contributed by atoms with van der Waals surface area (Å²) in [6.45, 7) is 0.509. The first kappa shape index (κ1) is 18.9. The number of carbonyl (C=O) groups excluding carboxylic acids is 1. The molecule has 1 N–H and O–H groups in total. The van der Waals surface area contributed by atoms with Gasteiger partial charge >= 0.3 is 0 Å². The van der Waals surface area contributed by atoms with Crippen LogP contribution in [0.1, 0.15) is 17.7 Å². The molecule has 0 aliphatic carbocycles. The summed E-state index contributed by atoms with van der Waals surface area (Å²) in [6.07, 6.45) is 1.03. The third kappa shape index (κ3) is 5.31. The second kappa shape index (κ2) is 9.19. The van der Waals surface area contributed by atoms with E-state index in [1.165, 1.54) is 0 Å². The number of hydrogen-bond donors (Lipinski definition) is 1. The first-order valence-electron chi connectivity index (χ1n) is 8.66. The van der Waals surface area contributed by atoms with Crippen LogP contribution in [0.4, 0.5) is 0 Å². The van der Waals surface area contributed by atoms with Gasteiger partial charge < -0.3 is 14.8 Å². The highest BCUT2D eigenvalue weighted by atomic mass is 32.1. The minimum atomic E-state index is 0.0155. The lowest BCUT2D eigenvalue weighted by molar-refractivity contribution is -0.121. The van der Waals surface area contributed by atoms with Gasteiger partial charge in [-0.25, -0.2) is 4.98 Å². The molecule has 0 radical (unpaired) electrons. The van der Waals surface area contributed by atoms with Gasteiger partial charge in [-0.15, -0.1) is 11.3 Å². The Bertz CT molecular complexity index is 890. The summed E-state index contributed by atoms with van der Waals surface area (Å²) in [7, 11) is 3.28. The van der Waals surface area contributed by atoms with E-state index < -0.39 is 0 Å². The third-order valence-corrected chi connectivity index (χ3v) is 5.07. The van der Waals surface area contributed by atoms with Gasteiger partial charge in [0, 0.05) is 23.9 Å². The van der Waals surface area contributed by atoms with E-state index in [9.17, 15) is 4.79 Å². The normalized spacial score (nSPS) is 10.4. The van der Waals surface area contributed by atoms with Gasteiger partial charge in [0.05, 0.1) is 19.9 Å². The number of nitrogens with one attached hydrogen (secondary N) is 1. The van der Waals surface area contributed by atoms with Crippen LogP contribution in [0.3, 0.4) is 0 Å². The van der Waals surface area contributed by atoms with Crippen LogP contribution < -0.4 is 14.8 Å². The maximum atomic E-state index is 12.1. The van der Waals surface area contributed by atoms with Gasteiger partial charge in [-0.3, -0.25) is 4.79 Å². The highest BCUT2D eigenvalue weighted by Crippen LogP contribution is 2.27. The minimum Gasteiger partial charge on any atom is -0.497 e. The second-order valence-corrected chi connectivity index (χ2v) is 6.86. The fourth-order valence-electron chi connectivity index (χ4n) is 2.58. The highest BCUT2D eigenvalue weighted by molar-refractivity contribution is 7.13. The lowest BCUT2D eigenvalue weighted by atomic mass is 10.2. The van der Waals surface area contributed by atoms with Gasteiger partial charge in [0.2, 0.25) is 5.91 Å². The highest BCUT2D eigenvalue weighted by Gasteiger charge is 2.08. The van der Waals surface area contributed by atoms with Gasteiger partial charge in [-0.05, 0) is 36.2 Å². The molecule has 0 spiro atoms. The van der Waals surface area contributed by atoms with E-state index >= 15 is 0 Å². The summed E-state index contributed by atoms with van der Waals surface area (Å²) in [5, 5.41) is 5.88. The number of hydrogen-bond acceptors (Lipinski definition) is 5. The number of thiazole rings is 1. The molecule has 140 valence electrons. The topological polar surface area (TPSA) is 60.5 Å². The Morgan fingerprint density at radius 1 is 1.07 bits per heavy atom. The summed E-state index contributed by atoms with van der Waals surface area (Å²) in [4.78, 5) is 16.7. The zero-order chi connectivity index (χ0) is 19.1. The molecule has 0 aliphatic heterocycles. The number of amides is 1. The van der Waals surface area contributed by atoms with Gasteiger partial charge in [-0.2, -0.15) is 0 Å². The third-order valence-electron chi connectivity index (χ3n) is 4.13. The Morgan fingerprint density at radius 3 is 2.59 bits per heavy atom. The summed E-state index contributed by atoms with van der Waals surface area (Å²) in [5.41, 5.74) is 2.99. The molecule has 0 aliphatic rings. The number of aryl methyl sites for hydroxylation is 1. The standard InChI is InChI=1S/C21H22N2O3S/c1-25-18-9-6-15(7-10-18)13-22-20(24)11-8-17-14-27-21(23-17)16-4-3-5-19(12-16)26-2/h3-7,9-10,12,14H,8,11,13H2,1-2H3,(H,22,24). The van der Waals surface area contributed by atoms with Crippen molar-refractivity contribution in [1.29, 1.82) is 0 Å². The lowest BCUT2D eigenvalue weighted by Gasteiger charge is -2.06. The zero-order valence-corrected chi connectivity index (χ0v) is 16.2. The molecule has 1 aromatic heterocycles. The average Bonchev–Trinajstić information content (AvgIpc) is 3.20. The number of aromatic nitrogens is 1. The van der Waals surface area contributed by atoms with Crippen molar-refractivity contribution in [3.05, 3.63) is 65.2 Å². The Morgan fingerprint density at radius 2 is 1.85 bits per heavy atom. The number of ether oxygens (including phenoxy) is 2. The summed E-state index contributed by atoms with van der Waals surface area (Å²) in [5.74, 6) is 1.63. The number of carbonyl (C=O) groups is 1. The van der Waals surface area contributed by atoms with Gasteiger partial charge in [0.15, 0.2) is 0 Å². The maximum absolute atomic E-state index is 12.1. The van der Waals surface area contributed by atoms with E-state index in [1.54, 1.807) is 25.6 Å². The number of rotatable bonds is 8. The van der Waals surface area contributed by atoms with Crippen molar-refractivity contribution in [3.63, 3.8) is 0 Å². The number of benzene rings is 2. The van der Waals surface area contributed by atoms with E-state index in [1.807, 2.05) is 53.9 Å². The summed E-state index contributed by atoms with van der Waals surface area (Å²) < 4.78 is 10.4. The van der Waals surface area contributed by atoms with Crippen LogP contribution in [0, 0.1) is 0 Å². The monoisotopic (exact) mass is 382 g/mol. The van der Waals surface area contributed by atoms with E-state index in [2.05, 4.69) is 10.3 Å². The van der Waals surface area contributed by atoms with Crippen molar-refractivity contribution in [3.8, 4) is 22.1 Å². The van der Waals surface area contributed by atoms with Crippen molar-refractivity contribution < 1.29 is 14.3 Å².